The number of hydrogen-bond acceptors (Lipinski definition) is 5. The summed E-state index contributed by atoms with van der Waals surface area (Å²) in [6.45, 7) is 0.833. The SMILES string of the molecule is NC1C2CCCOC2C1Nc1nc2ccccc2o1. The molecule has 1 aliphatic carbocycles. The maximum absolute atomic E-state index is 6.21. The maximum Gasteiger partial charge on any atom is 0.296 e. The third kappa shape index (κ3) is 1.73. The van der Waals surface area contributed by atoms with Gasteiger partial charge in [0.1, 0.15) is 5.52 Å². The quantitative estimate of drug-likeness (QED) is 0.859. The molecular weight excluding hydrogens is 242 g/mol. The molecule has 1 aliphatic heterocycles. The molecule has 19 heavy (non-hydrogen) atoms. The number of nitrogens with one attached hydrogen (secondary N) is 1. The van der Waals surface area contributed by atoms with Crippen molar-refractivity contribution in [3.8, 4) is 0 Å². The lowest BCUT2D eigenvalue weighted by atomic mass is 9.69. The molecule has 0 spiro atoms. The second kappa shape index (κ2) is 4.21. The Balaban J connectivity index is 1.54. The molecule has 3 N–H and O–H groups in total. The molecule has 2 aromatic rings. The molecule has 4 unspecified atom stereocenters. The van der Waals surface area contributed by atoms with Crippen molar-refractivity contribution in [3.63, 3.8) is 0 Å². The van der Waals surface area contributed by atoms with Gasteiger partial charge in [-0.25, -0.2) is 0 Å². The lowest BCUT2D eigenvalue weighted by molar-refractivity contribution is -0.104. The van der Waals surface area contributed by atoms with Crippen LogP contribution in [0.25, 0.3) is 11.1 Å². The second-order valence-corrected chi connectivity index (χ2v) is 5.38. The standard InChI is InChI=1S/C14H17N3O2/c15-11-8-4-3-7-18-13(8)12(11)17-14-16-9-5-1-2-6-10(9)19-14/h1-2,5-6,8,11-13H,3-4,7,15H2,(H,16,17). The smallest absolute Gasteiger partial charge is 0.296 e. The number of anilines is 1. The van der Waals surface area contributed by atoms with Gasteiger partial charge in [0.05, 0.1) is 12.1 Å². The first kappa shape index (κ1) is 11.3. The monoisotopic (exact) mass is 259 g/mol. The van der Waals surface area contributed by atoms with E-state index in [-0.39, 0.29) is 18.2 Å². The number of aromatic nitrogens is 1. The number of benzene rings is 1. The number of oxazole rings is 1. The molecule has 2 aliphatic rings. The van der Waals surface area contributed by atoms with E-state index in [0.29, 0.717) is 11.9 Å². The highest BCUT2D eigenvalue weighted by molar-refractivity contribution is 5.74. The lowest BCUT2D eigenvalue weighted by Crippen LogP contribution is -2.69. The zero-order valence-corrected chi connectivity index (χ0v) is 10.6. The van der Waals surface area contributed by atoms with Crippen molar-refractivity contribution in [1.29, 1.82) is 0 Å². The van der Waals surface area contributed by atoms with Gasteiger partial charge in [-0.05, 0) is 25.0 Å². The summed E-state index contributed by atoms with van der Waals surface area (Å²) in [4.78, 5) is 4.42. The van der Waals surface area contributed by atoms with Crippen LogP contribution >= 0.6 is 0 Å². The van der Waals surface area contributed by atoms with E-state index in [0.717, 1.165) is 30.5 Å². The van der Waals surface area contributed by atoms with Gasteiger partial charge >= 0.3 is 0 Å². The topological polar surface area (TPSA) is 73.3 Å². The Morgan fingerprint density at radius 3 is 3.11 bits per heavy atom. The molecule has 4 atom stereocenters. The molecule has 1 aromatic heterocycles. The molecule has 1 saturated heterocycles. The minimum Gasteiger partial charge on any atom is -0.424 e. The van der Waals surface area contributed by atoms with Crippen LogP contribution in [0.1, 0.15) is 12.8 Å². The van der Waals surface area contributed by atoms with E-state index in [1.54, 1.807) is 0 Å². The van der Waals surface area contributed by atoms with Crippen molar-refractivity contribution in [3.05, 3.63) is 24.3 Å². The molecule has 2 heterocycles. The van der Waals surface area contributed by atoms with Crippen LogP contribution < -0.4 is 11.1 Å². The van der Waals surface area contributed by atoms with Crippen LogP contribution in [0.3, 0.4) is 0 Å². The highest BCUT2D eigenvalue weighted by atomic mass is 16.5. The van der Waals surface area contributed by atoms with E-state index >= 15 is 0 Å². The molecule has 4 rings (SSSR count). The van der Waals surface area contributed by atoms with Gasteiger partial charge in [0.15, 0.2) is 5.58 Å². The first-order chi connectivity index (χ1) is 9.33. The van der Waals surface area contributed by atoms with Crippen molar-refractivity contribution in [1.82, 2.24) is 4.98 Å². The number of para-hydroxylation sites is 2. The number of nitrogens with zero attached hydrogens (tertiary/aromatic N) is 1. The van der Waals surface area contributed by atoms with Gasteiger partial charge in [0.2, 0.25) is 0 Å². The van der Waals surface area contributed by atoms with Crippen LogP contribution in [0.15, 0.2) is 28.7 Å². The molecule has 5 heteroatoms. The van der Waals surface area contributed by atoms with Gasteiger partial charge in [-0.1, -0.05) is 12.1 Å². The first-order valence-corrected chi connectivity index (χ1v) is 6.82. The summed E-state index contributed by atoms with van der Waals surface area (Å²) in [6, 6.07) is 8.50. The Hall–Kier alpha value is -1.59. The molecule has 0 amide bonds. The van der Waals surface area contributed by atoms with E-state index in [9.17, 15) is 0 Å². The van der Waals surface area contributed by atoms with Crippen LogP contribution in [0, 0.1) is 5.92 Å². The normalized spacial score (nSPS) is 33.7. The van der Waals surface area contributed by atoms with E-state index in [1.165, 1.54) is 0 Å². The summed E-state index contributed by atoms with van der Waals surface area (Å²) in [6.07, 6.45) is 2.49. The van der Waals surface area contributed by atoms with E-state index in [1.807, 2.05) is 24.3 Å². The van der Waals surface area contributed by atoms with Crippen molar-refractivity contribution < 1.29 is 9.15 Å². The zero-order chi connectivity index (χ0) is 12.8. The fourth-order valence-electron chi connectivity index (χ4n) is 3.20. The average molecular weight is 259 g/mol. The average Bonchev–Trinajstić information content (AvgIpc) is 2.87. The largest absolute Gasteiger partial charge is 0.424 e. The Labute approximate surface area is 111 Å². The number of rotatable bonds is 2. The van der Waals surface area contributed by atoms with Crippen LogP contribution in [-0.2, 0) is 4.74 Å². The molecule has 100 valence electrons. The van der Waals surface area contributed by atoms with Gasteiger partial charge in [-0.2, -0.15) is 4.98 Å². The van der Waals surface area contributed by atoms with Crippen molar-refractivity contribution >= 4 is 17.1 Å². The van der Waals surface area contributed by atoms with Crippen LogP contribution in [0.2, 0.25) is 0 Å². The summed E-state index contributed by atoms with van der Waals surface area (Å²) in [5.41, 5.74) is 7.86. The van der Waals surface area contributed by atoms with Gasteiger partial charge in [0, 0.05) is 18.6 Å². The maximum atomic E-state index is 6.21. The van der Waals surface area contributed by atoms with E-state index in [4.69, 9.17) is 14.9 Å². The zero-order valence-electron chi connectivity index (χ0n) is 10.6. The Kier molecular flexibility index (Phi) is 2.50. The fourth-order valence-corrected chi connectivity index (χ4v) is 3.20. The van der Waals surface area contributed by atoms with E-state index in [2.05, 4.69) is 10.3 Å². The summed E-state index contributed by atoms with van der Waals surface area (Å²) in [7, 11) is 0. The molecule has 1 aromatic carbocycles. The molecular formula is C14H17N3O2. The highest BCUT2D eigenvalue weighted by Gasteiger charge is 2.50. The number of hydrogen-bond donors (Lipinski definition) is 2. The van der Waals surface area contributed by atoms with E-state index < -0.39 is 0 Å². The number of fused-ring (bicyclic) bond motifs is 2. The first-order valence-electron chi connectivity index (χ1n) is 6.82. The minimum atomic E-state index is 0.110. The second-order valence-electron chi connectivity index (χ2n) is 5.38. The third-order valence-electron chi connectivity index (χ3n) is 4.26. The van der Waals surface area contributed by atoms with Gasteiger partial charge in [-0.15, -0.1) is 0 Å². The fraction of sp³-hybridized carbons (Fsp3) is 0.500. The Morgan fingerprint density at radius 1 is 1.32 bits per heavy atom. The third-order valence-corrected chi connectivity index (χ3v) is 4.26. The Morgan fingerprint density at radius 2 is 2.21 bits per heavy atom. The molecule has 1 saturated carbocycles. The minimum absolute atomic E-state index is 0.110. The molecule has 0 radical (unpaired) electrons. The summed E-state index contributed by atoms with van der Waals surface area (Å²) < 4.78 is 11.5. The van der Waals surface area contributed by atoms with Crippen molar-refractivity contribution in [2.24, 2.45) is 11.7 Å². The molecule has 5 nitrogen and oxygen atoms in total. The van der Waals surface area contributed by atoms with Gasteiger partial charge in [-0.3, -0.25) is 0 Å². The van der Waals surface area contributed by atoms with Gasteiger partial charge in [0.25, 0.3) is 6.01 Å². The van der Waals surface area contributed by atoms with Crippen LogP contribution in [0.5, 0.6) is 0 Å². The number of ether oxygens (including phenoxy) is 1. The highest BCUT2D eigenvalue weighted by Crippen LogP contribution is 2.38. The Bertz CT molecular complexity index is 564. The van der Waals surface area contributed by atoms with Crippen molar-refractivity contribution in [2.75, 3.05) is 11.9 Å². The summed E-state index contributed by atoms with van der Waals surface area (Å²) in [5, 5.41) is 3.29. The lowest BCUT2D eigenvalue weighted by Gasteiger charge is -2.52. The predicted octanol–water partition coefficient (Wildman–Crippen LogP) is 1.74. The number of nitrogens with two attached hydrogens (primary N) is 1. The summed E-state index contributed by atoms with van der Waals surface area (Å²) >= 11 is 0. The van der Waals surface area contributed by atoms with Crippen molar-refractivity contribution in [2.45, 2.75) is 31.0 Å². The molecule has 0 bridgehead atoms. The van der Waals surface area contributed by atoms with Gasteiger partial charge < -0.3 is 20.2 Å². The van der Waals surface area contributed by atoms with Crippen LogP contribution in [0.4, 0.5) is 6.01 Å². The van der Waals surface area contributed by atoms with Crippen LogP contribution in [-0.4, -0.2) is 29.8 Å². The summed E-state index contributed by atoms with van der Waals surface area (Å²) in [5.74, 6) is 0.482. The predicted molar refractivity (Wildman–Crippen MR) is 71.9 cm³/mol. The molecule has 2 fully saturated rings.